The number of anilines is 1. The Morgan fingerprint density at radius 1 is 1.09 bits per heavy atom. The summed E-state index contributed by atoms with van der Waals surface area (Å²) in [6.07, 6.45) is 3.52. The number of halogens is 3. The van der Waals surface area contributed by atoms with Gasteiger partial charge in [-0.3, -0.25) is 9.80 Å². The second-order valence-corrected chi connectivity index (χ2v) is 9.78. The zero-order valence-electron chi connectivity index (χ0n) is 18.6. The highest BCUT2D eigenvalue weighted by atomic mass is 19.4. The summed E-state index contributed by atoms with van der Waals surface area (Å²) >= 11 is 0. The molecule has 1 aromatic carbocycles. The van der Waals surface area contributed by atoms with E-state index in [1.807, 2.05) is 6.07 Å². The average molecular weight is 460 g/mol. The molecule has 2 aromatic rings. The molecule has 1 aromatic heterocycles. The quantitative estimate of drug-likeness (QED) is 0.711. The number of benzene rings is 1. The molecular formula is C24H28F3N5O. The van der Waals surface area contributed by atoms with Crippen molar-refractivity contribution in [3.8, 4) is 0 Å². The molecule has 1 saturated heterocycles. The van der Waals surface area contributed by atoms with Crippen LogP contribution in [0.1, 0.15) is 49.9 Å². The van der Waals surface area contributed by atoms with E-state index in [9.17, 15) is 18.0 Å². The van der Waals surface area contributed by atoms with Crippen molar-refractivity contribution in [3.05, 3.63) is 54.1 Å². The van der Waals surface area contributed by atoms with E-state index in [4.69, 9.17) is 0 Å². The van der Waals surface area contributed by atoms with E-state index in [0.29, 0.717) is 6.54 Å². The predicted octanol–water partition coefficient (Wildman–Crippen LogP) is 4.58. The highest BCUT2D eigenvalue weighted by Gasteiger charge is 2.51. The smallest absolute Gasteiger partial charge is 0.330 e. The molecule has 1 spiro atoms. The molecule has 0 atom stereocenters. The van der Waals surface area contributed by atoms with Crippen molar-refractivity contribution in [2.75, 3.05) is 25.0 Å². The first-order chi connectivity index (χ1) is 15.7. The molecule has 1 aliphatic heterocycles. The van der Waals surface area contributed by atoms with Crippen LogP contribution >= 0.6 is 0 Å². The first-order valence-corrected chi connectivity index (χ1v) is 11.5. The van der Waals surface area contributed by atoms with Crippen molar-refractivity contribution in [1.29, 1.82) is 0 Å². The van der Waals surface area contributed by atoms with Crippen LogP contribution < -0.4 is 10.2 Å². The lowest BCUT2D eigenvalue weighted by molar-refractivity contribution is -0.144. The predicted molar refractivity (Wildman–Crippen MR) is 118 cm³/mol. The molecule has 0 unspecified atom stereocenters. The van der Waals surface area contributed by atoms with Gasteiger partial charge in [0.2, 0.25) is 5.82 Å². The van der Waals surface area contributed by atoms with Crippen LogP contribution in [-0.2, 0) is 11.7 Å². The molecule has 0 bridgehead atoms. The van der Waals surface area contributed by atoms with Gasteiger partial charge in [-0.2, -0.15) is 13.2 Å². The monoisotopic (exact) mass is 459 g/mol. The van der Waals surface area contributed by atoms with E-state index >= 15 is 0 Å². The highest BCUT2D eigenvalue weighted by Crippen LogP contribution is 2.48. The number of rotatable bonds is 5. The van der Waals surface area contributed by atoms with Gasteiger partial charge in [0.05, 0.1) is 30.2 Å². The Balaban J connectivity index is 1.34. The second kappa shape index (κ2) is 7.97. The van der Waals surface area contributed by atoms with Gasteiger partial charge in [0.25, 0.3) is 0 Å². The maximum absolute atomic E-state index is 12.8. The maximum atomic E-state index is 12.8. The molecule has 2 heterocycles. The summed E-state index contributed by atoms with van der Waals surface area (Å²) in [4.78, 5) is 23.6. The van der Waals surface area contributed by atoms with Gasteiger partial charge in [0, 0.05) is 12.1 Å². The van der Waals surface area contributed by atoms with Gasteiger partial charge >= 0.3 is 12.2 Å². The van der Waals surface area contributed by atoms with Crippen molar-refractivity contribution in [2.24, 2.45) is 5.92 Å². The molecule has 2 aliphatic carbocycles. The minimum absolute atomic E-state index is 0.0787. The lowest BCUT2D eigenvalue weighted by Crippen LogP contribution is -2.55. The van der Waals surface area contributed by atoms with Gasteiger partial charge < -0.3 is 5.32 Å². The first-order valence-electron chi connectivity index (χ1n) is 11.5. The number of amides is 2. The van der Waals surface area contributed by atoms with Crippen LogP contribution in [0.2, 0.25) is 0 Å². The van der Waals surface area contributed by atoms with Crippen molar-refractivity contribution in [2.45, 2.75) is 55.8 Å². The number of hydrogen-bond acceptors (Lipinski definition) is 4. The summed E-state index contributed by atoms with van der Waals surface area (Å²) in [6.45, 7) is 1.47. The molecule has 2 amide bonds. The minimum atomic E-state index is -4.61. The minimum Gasteiger partial charge on any atom is -0.330 e. The Labute approximate surface area is 191 Å². The number of aromatic nitrogens is 2. The van der Waals surface area contributed by atoms with Gasteiger partial charge in [-0.15, -0.1) is 0 Å². The maximum Gasteiger partial charge on any atom is 0.451 e. The molecule has 176 valence electrons. The Hall–Kier alpha value is -2.68. The zero-order chi connectivity index (χ0) is 23.3. The normalized spacial score (nSPS) is 27.9. The Morgan fingerprint density at radius 3 is 2.30 bits per heavy atom. The molecule has 1 N–H and O–H groups in total. The number of urea groups is 1. The van der Waals surface area contributed by atoms with Crippen molar-refractivity contribution in [3.63, 3.8) is 0 Å². The van der Waals surface area contributed by atoms with Crippen molar-refractivity contribution >= 4 is 11.7 Å². The first kappa shape index (κ1) is 22.1. The third-order valence-electron chi connectivity index (χ3n) is 7.59. The molecule has 33 heavy (non-hydrogen) atoms. The summed E-state index contributed by atoms with van der Waals surface area (Å²) < 4.78 is 38.4. The average Bonchev–Trinajstić information content (AvgIpc) is 3.56. The van der Waals surface area contributed by atoms with E-state index in [1.54, 1.807) is 0 Å². The molecule has 3 fully saturated rings. The lowest BCUT2D eigenvalue weighted by Gasteiger charge is -2.50. The molecule has 6 nitrogen and oxygen atoms in total. The Morgan fingerprint density at radius 2 is 1.73 bits per heavy atom. The highest BCUT2D eigenvalue weighted by molar-refractivity contribution is 5.95. The van der Waals surface area contributed by atoms with Crippen LogP contribution in [0.3, 0.4) is 0 Å². The number of carbonyl (C=O) groups excluding carboxylic acids is 1. The van der Waals surface area contributed by atoms with E-state index in [0.717, 1.165) is 50.5 Å². The van der Waals surface area contributed by atoms with Gasteiger partial charge in [0.1, 0.15) is 0 Å². The van der Waals surface area contributed by atoms with Crippen LogP contribution in [0.25, 0.3) is 0 Å². The molecule has 2 saturated carbocycles. The fraction of sp³-hybridized carbons (Fsp3) is 0.542. The fourth-order valence-corrected chi connectivity index (χ4v) is 5.45. The Kier molecular flexibility index (Phi) is 5.34. The van der Waals surface area contributed by atoms with Crippen LogP contribution in [0.15, 0.2) is 42.7 Å². The molecular weight excluding hydrogens is 431 g/mol. The fourth-order valence-electron chi connectivity index (χ4n) is 5.45. The standard InChI is InChI=1S/C24H28F3N5O/c1-31(15-17-7-8-17)23(18-5-3-2-4-6-18)11-9-22(10-12-23)16-32(21(33)30-22)19-13-28-20(29-14-19)24(25,26)27/h2-6,13-14,17H,7-12,15-16H2,1H3,(H,30,33). The molecule has 3 aliphatic rings. The van der Waals surface area contributed by atoms with Crippen LogP contribution in [0, 0.1) is 5.92 Å². The van der Waals surface area contributed by atoms with Crippen LogP contribution in [-0.4, -0.2) is 46.6 Å². The summed E-state index contributed by atoms with van der Waals surface area (Å²) in [6, 6.07) is 10.3. The summed E-state index contributed by atoms with van der Waals surface area (Å²) in [7, 11) is 2.21. The molecule has 0 radical (unpaired) electrons. The zero-order valence-corrected chi connectivity index (χ0v) is 18.6. The largest absolute Gasteiger partial charge is 0.451 e. The number of alkyl halides is 3. The molecule has 9 heteroatoms. The van der Waals surface area contributed by atoms with E-state index < -0.39 is 17.5 Å². The van der Waals surface area contributed by atoms with Gasteiger partial charge in [-0.05, 0) is 57.1 Å². The topological polar surface area (TPSA) is 61.4 Å². The number of nitrogens with one attached hydrogen (secondary N) is 1. The van der Waals surface area contributed by atoms with E-state index in [-0.39, 0.29) is 17.3 Å². The third-order valence-corrected chi connectivity index (χ3v) is 7.59. The summed E-state index contributed by atoms with van der Waals surface area (Å²) in [5.41, 5.74) is 1.10. The number of carbonyl (C=O) groups is 1. The van der Waals surface area contributed by atoms with E-state index in [2.05, 4.69) is 51.5 Å². The summed E-state index contributed by atoms with van der Waals surface area (Å²) in [5.74, 6) is -0.433. The second-order valence-electron chi connectivity index (χ2n) is 9.78. The van der Waals surface area contributed by atoms with Gasteiger partial charge in [-0.25, -0.2) is 14.8 Å². The molecule has 5 rings (SSSR count). The number of nitrogens with zero attached hydrogens (tertiary/aromatic N) is 4. The lowest BCUT2D eigenvalue weighted by atomic mass is 9.68. The summed E-state index contributed by atoms with van der Waals surface area (Å²) in [5, 5.41) is 3.13. The van der Waals surface area contributed by atoms with Gasteiger partial charge in [-0.1, -0.05) is 30.3 Å². The van der Waals surface area contributed by atoms with E-state index in [1.165, 1.54) is 23.3 Å². The van der Waals surface area contributed by atoms with Crippen LogP contribution in [0.5, 0.6) is 0 Å². The third kappa shape index (κ3) is 4.18. The van der Waals surface area contributed by atoms with Gasteiger partial charge in [0.15, 0.2) is 0 Å². The SMILES string of the molecule is CN(CC1CC1)C1(c2ccccc2)CCC2(CC1)CN(c1cnc(C(F)(F)F)nc1)C(=O)N2. The van der Waals surface area contributed by atoms with Crippen molar-refractivity contribution < 1.29 is 18.0 Å². The number of hydrogen-bond donors (Lipinski definition) is 1. The van der Waals surface area contributed by atoms with Crippen LogP contribution in [0.4, 0.5) is 23.7 Å². The van der Waals surface area contributed by atoms with Crippen molar-refractivity contribution in [1.82, 2.24) is 20.2 Å². The Bertz CT molecular complexity index is 999.